The predicted molar refractivity (Wildman–Crippen MR) is 92.6 cm³/mol. The van der Waals surface area contributed by atoms with Gasteiger partial charge in [0.05, 0.1) is 0 Å². The summed E-state index contributed by atoms with van der Waals surface area (Å²) in [6.45, 7) is 15.4. The fourth-order valence-electron chi connectivity index (χ4n) is 0.579. The van der Waals surface area contributed by atoms with Gasteiger partial charge in [0.15, 0.2) is 0 Å². The predicted octanol–water partition coefficient (Wildman–Crippen LogP) is 3.53. The van der Waals surface area contributed by atoms with Crippen molar-refractivity contribution in [3.8, 4) is 0 Å². The topological polar surface area (TPSA) is 58.9 Å². The van der Waals surface area contributed by atoms with Gasteiger partial charge in [-0.15, -0.1) is 0 Å². The van der Waals surface area contributed by atoms with Gasteiger partial charge in [-0.25, -0.2) is 4.36 Å². The van der Waals surface area contributed by atoms with Crippen LogP contribution in [-0.2, 0) is 84.9 Å². The molecule has 0 bridgehead atoms. The summed E-state index contributed by atoms with van der Waals surface area (Å²) < 4.78 is 28.9. The van der Waals surface area contributed by atoms with Gasteiger partial charge in [-0.1, -0.05) is 34.2 Å². The van der Waals surface area contributed by atoms with E-state index in [0.29, 0.717) is 18.7 Å². The van der Waals surface area contributed by atoms with Crippen LogP contribution in [-0.4, -0.2) is 46.5 Å². The normalized spacial score (nSPS) is 10.0. The molecular weight excluding hydrogens is 538 g/mol. The largest absolute Gasteiger partial charge is 0.342 e. The van der Waals surface area contributed by atoms with Crippen molar-refractivity contribution in [2.24, 2.45) is 8.73 Å². The van der Waals surface area contributed by atoms with Crippen molar-refractivity contribution in [2.75, 3.05) is 38.1 Å². The molecule has 0 N–H and O–H groups in total. The van der Waals surface area contributed by atoms with Gasteiger partial charge < -0.3 is 13.8 Å². The van der Waals surface area contributed by atoms with Crippen LogP contribution in [0, 0.1) is 89.3 Å². The van der Waals surface area contributed by atoms with Gasteiger partial charge in [-0.3, -0.25) is 12.8 Å². The third kappa shape index (κ3) is 66.1. The third-order valence-corrected chi connectivity index (χ3v) is 3.93. The molecule has 0 aromatic carbocycles. The molecular formula is C13H34Ar2N2O2S2Y2-2. The Hall–Kier alpha value is 4.63. The Labute approximate surface area is 258 Å². The average Bonchev–Trinajstić information content (AvgIpc) is 2.33. The van der Waals surface area contributed by atoms with Crippen molar-refractivity contribution in [1.29, 1.82) is 0 Å². The minimum absolute atomic E-state index is 0. The molecule has 0 fully saturated rings. The standard InChI is InChI=1S/C5H12NOS.C4H10NOS.2C2H6.2Ar.2Y/c1-4-5-8(3,7)6-2;1-4-5-7(2,3)6;2*1-2;;;;/h1,4-5H2,2-3H3;1,4H2,2-3H3;2*1-2H3;;;;/q2*-1;;;;;;. The molecule has 0 aliphatic heterocycles. The van der Waals surface area contributed by atoms with Gasteiger partial charge in [0.2, 0.25) is 0 Å². The second kappa shape index (κ2) is 37.4. The first kappa shape index (κ1) is 50.8. The maximum atomic E-state index is 10.9. The van der Waals surface area contributed by atoms with Crippen molar-refractivity contribution >= 4 is 19.5 Å². The van der Waals surface area contributed by atoms with Crippen molar-refractivity contribution in [3.05, 3.63) is 13.8 Å². The zero-order chi connectivity index (χ0) is 16.5. The van der Waals surface area contributed by atoms with E-state index in [9.17, 15) is 8.42 Å². The van der Waals surface area contributed by atoms with E-state index >= 15 is 0 Å². The molecule has 10 heteroatoms. The molecule has 0 aromatic rings. The zero-order valence-corrected chi connectivity index (χ0v) is 24.6. The Bertz CT molecular complexity index is 387. The van der Waals surface area contributed by atoms with Crippen molar-refractivity contribution in [2.45, 2.75) is 34.1 Å². The van der Waals surface area contributed by atoms with Crippen LogP contribution in [0.2, 0.25) is 0 Å². The third-order valence-electron chi connectivity index (χ3n) is 1.31. The fourth-order valence-corrected chi connectivity index (χ4v) is 1.74. The van der Waals surface area contributed by atoms with Crippen LogP contribution in [0.3, 0.4) is 0 Å². The van der Waals surface area contributed by atoms with E-state index in [1.165, 1.54) is 0 Å². The maximum Gasteiger partial charge on any atom is 0.0410 e. The molecule has 0 amide bonds. The fraction of sp³-hybridized carbons (Fsp3) is 0.846. The minimum atomic E-state index is -1.86. The van der Waals surface area contributed by atoms with Gasteiger partial charge in [-0.05, 0) is 0 Å². The van der Waals surface area contributed by atoms with Crippen molar-refractivity contribution in [3.63, 3.8) is 0 Å². The number of nitrogens with zero attached hydrogens (tertiary/aromatic N) is 2. The summed E-state index contributed by atoms with van der Waals surface area (Å²) in [6, 6.07) is 0. The Kier molecular flexibility index (Phi) is 82.7. The maximum absolute atomic E-state index is 10.9. The summed E-state index contributed by atoms with van der Waals surface area (Å²) in [6.07, 6.45) is 5.54. The van der Waals surface area contributed by atoms with E-state index in [-0.39, 0.29) is 141 Å². The van der Waals surface area contributed by atoms with Crippen LogP contribution < -0.4 is 0 Å². The first-order valence-electron chi connectivity index (χ1n) is 6.48. The van der Waals surface area contributed by atoms with E-state index in [1.54, 1.807) is 25.8 Å². The van der Waals surface area contributed by atoms with Gasteiger partial charge in [0, 0.05) is 192 Å². The molecule has 0 saturated carbocycles. The van der Waals surface area contributed by atoms with Gasteiger partial charge in [0.1, 0.15) is 0 Å². The molecule has 0 aromatic heterocycles. The van der Waals surface area contributed by atoms with Crippen LogP contribution in [0.1, 0.15) is 34.1 Å². The molecule has 0 rings (SSSR count). The summed E-state index contributed by atoms with van der Waals surface area (Å²) in [4.78, 5) is 0. The molecule has 144 valence electrons. The Morgan fingerprint density at radius 3 is 1.22 bits per heavy atom. The smallest absolute Gasteiger partial charge is 0.0410 e. The number of rotatable bonds is 3. The summed E-state index contributed by atoms with van der Waals surface area (Å²) in [7, 11) is -2.14. The van der Waals surface area contributed by atoms with E-state index in [4.69, 9.17) is 0 Å². The number of hydrogen-bond acceptors (Lipinski definition) is 4. The molecule has 0 aliphatic carbocycles. The van der Waals surface area contributed by atoms with E-state index < -0.39 is 19.5 Å². The van der Waals surface area contributed by atoms with Crippen LogP contribution in [0.25, 0.3) is 0 Å². The molecule has 1 atom stereocenters. The van der Waals surface area contributed by atoms with Crippen LogP contribution in [0.5, 0.6) is 0 Å². The zero-order valence-electron chi connectivity index (χ0n) is 15.9. The van der Waals surface area contributed by atoms with Crippen LogP contribution >= 0.6 is 0 Å². The molecule has 23 heavy (non-hydrogen) atoms. The van der Waals surface area contributed by atoms with Gasteiger partial charge >= 0.3 is 0 Å². The Morgan fingerprint density at radius 1 is 0.870 bits per heavy atom. The van der Waals surface area contributed by atoms with Crippen molar-refractivity contribution in [1.82, 2.24) is 0 Å². The second-order valence-electron chi connectivity index (χ2n) is 3.23. The summed E-state index contributed by atoms with van der Waals surface area (Å²) in [5.41, 5.74) is 0. The molecule has 0 saturated heterocycles. The first-order valence-corrected chi connectivity index (χ1v) is 10.9. The summed E-state index contributed by atoms with van der Waals surface area (Å²) in [5, 5.41) is 0. The molecule has 0 aliphatic rings. The Balaban J connectivity index is -0.0000000234. The molecule has 4 nitrogen and oxygen atoms in total. The van der Waals surface area contributed by atoms with E-state index in [2.05, 4.69) is 22.6 Å². The van der Waals surface area contributed by atoms with Gasteiger partial charge in [0.25, 0.3) is 0 Å². The molecule has 0 spiro atoms. The summed E-state index contributed by atoms with van der Waals surface area (Å²) >= 11 is 0. The number of hydrogen-bond donors (Lipinski definition) is 0. The molecule has 1 unspecified atom stereocenters. The van der Waals surface area contributed by atoms with Crippen molar-refractivity contribution < 1.29 is 149 Å². The van der Waals surface area contributed by atoms with E-state index in [1.807, 2.05) is 27.7 Å². The van der Waals surface area contributed by atoms with Gasteiger partial charge in [-0.2, -0.15) is 6.42 Å². The monoisotopic (exact) mass is 572 g/mol. The SMILES string of the molecule is CC.CC.[Ar].[Ar].[CH2-]CCS(C)(=O)=NC.[CH2-]CN=S(C)(C)=O.[Y].[Y]. The first-order chi connectivity index (χ1) is 8.68. The molecule has 2 radical (unpaired) electrons. The average molecular weight is 572 g/mol. The van der Waals surface area contributed by atoms with E-state index in [0.717, 1.165) is 0 Å². The van der Waals surface area contributed by atoms with Crippen LogP contribution in [0.15, 0.2) is 8.73 Å². The summed E-state index contributed by atoms with van der Waals surface area (Å²) in [5.74, 6) is 0.615. The van der Waals surface area contributed by atoms with Crippen LogP contribution in [0.4, 0.5) is 0 Å². The Morgan fingerprint density at radius 2 is 1.17 bits per heavy atom. The second-order valence-corrected chi connectivity index (χ2v) is 8.55. The molecule has 0 heterocycles. The minimum Gasteiger partial charge on any atom is -0.342 e. The quantitative estimate of drug-likeness (QED) is 0.487.